The molecule has 9 heterocycles. The lowest BCUT2D eigenvalue weighted by Gasteiger charge is -2.43. The lowest BCUT2D eigenvalue weighted by atomic mass is 9.91. The van der Waals surface area contributed by atoms with E-state index in [4.69, 9.17) is 36.1 Å². The molecule has 0 spiro atoms. The van der Waals surface area contributed by atoms with Crippen LogP contribution in [0.4, 0.5) is 17.2 Å². The molecule has 0 radical (unpaired) electrons. The molecule has 412 valence electrons. The molecular weight excluding hydrogens is 1040 g/mol. The Hall–Kier alpha value is -6.65. The van der Waals surface area contributed by atoms with Crippen LogP contribution in [0.1, 0.15) is 94.7 Å². The largest absolute Gasteiger partial charge is 0.507 e. The fraction of sp³-hybridized carbons (Fsp3) is 0.500. The number of rotatable bonds is 18. The van der Waals surface area contributed by atoms with E-state index in [1.165, 1.54) is 16.2 Å². The first-order valence-electron chi connectivity index (χ1n) is 27.1. The summed E-state index contributed by atoms with van der Waals surface area (Å²) >= 11 is 8.37. The quantitative estimate of drug-likeness (QED) is 0.0665. The lowest BCUT2D eigenvalue weighted by Crippen LogP contribution is -2.54. The number of fused-ring (bicyclic) bond motifs is 2. The summed E-state index contributed by atoms with van der Waals surface area (Å²) in [5.74, 6) is -0.463. The van der Waals surface area contributed by atoms with Gasteiger partial charge in [0, 0.05) is 100 Å². The normalized spacial score (nSPS) is 23.3. The summed E-state index contributed by atoms with van der Waals surface area (Å²) in [6, 6.07) is 16.3. The standard InChI is InChI=1S/C56H67ClN12O8S/c1-31(2)49(56(73)68-29-38(70)22-46(68)54(72)62-32(3)34-9-12-43(60-26-34)52-33(4)61-30-78-52)51-50(57)55(65-77-51)74-20-19-66-17-14-39(15-18-66)75-40-23-41(24-40)76-48-21-35(13-16-59-48)69-36-10-11-37(69)28-67(27-36)45-25-44(63-64-53(45)58)42-7-5-6-8-47(42)71/h5-9,12-13,16,21,25-26,30-32,36-41,46,49,70-71H,10-11,14-15,17-20,22-24,27-29H2,1-4H3,(H2,58,64)(H,62,72)/t32-,36?,37?,38+,40?,41?,46-,49+/m0/s1. The number of aliphatic hydroxyl groups excluding tert-OH is 1. The molecule has 4 aliphatic heterocycles. The van der Waals surface area contributed by atoms with Gasteiger partial charge in [-0.25, -0.2) is 9.97 Å². The summed E-state index contributed by atoms with van der Waals surface area (Å²) < 4.78 is 24.7. The van der Waals surface area contributed by atoms with Gasteiger partial charge in [0.1, 0.15) is 35.4 Å². The molecule has 20 nitrogen and oxygen atoms in total. The summed E-state index contributed by atoms with van der Waals surface area (Å²) in [6.45, 7) is 11.8. The first-order chi connectivity index (χ1) is 37.7. The molecule has 5 N–H and O–H groups in total. The van der Waals surface area contributed by atoms with Gasteiger partial charge in [-0.2, -0.15) is 0 Å². The van der Waals surface area contributed by atoms with E-state index in [0.29, 0.717) is 36.1 Å². The second kappa shape index (κ2) is 23.0. The molecule has 6 aromatic rings. The molecule has 11 rings (SSSR count). The number of piperazine rings is 1. The maximum absolute atomic E-state index is 14.3. The number of nitrogens with zero attached hydrogens (tertiary/aromatic N) is 10. The number of likely N-dealkylation sites (tertiary alicyclic amines) is 2. The van der Waals surface area contributed by atoms with Gasteiger partial charge in [-0.15, -0.1) is 21.5 Å². The third-order valence-electron chi connectivity index (χ3n) is 16.1. The predicted molar refractivity (Wildman–Crippen MR) is 295 cm³/mol. The number of pyridine rings is 2. The highest BCUT2D eigenvalue weighted by molar-refractivity contribution is 7.13. The van der Waals surface area contributed by atoms with Crippen molar-refractivity contribution >= 4 is 51.9 Å². The minimum absolute atomic E-state index is 0.00353. The number of carbonyl (C=O) groups is 2. The Labute approximate surface area is 462 Å². The highest BCUT2D eigenvalue weighted by atomic mass is 35.5. The van der Waals surface area contributed by atoms with Crippen LogP contribution in [-0.2, 0) is 14.3 Å². The molecule has 22 heteroatoms. The van der Waals surface area contributed by atoms with E-state index in [1.54, 1.807) is 23.8 Å². The third kappa shape index (κ3) is 11.3. The predicted octanol–water partition coefficient (Wildman–Crippen LogP) is 7.20. The zero-order valence-electron chi connectivity index (χ0n) is 44.3. The molecule has 6 atom stereocenters. The molecule has 5 aliphatic rings. The maximum atomic E-state index is 14.3. The monoisotopic (exact) mass is 1100 g/mol. The Balaban J connectivity index is 0.610. The third-order valence-corrected chi connectivity index (χ3v) is 17.4. The van der Waals surface area contributed by atoms with E-state index in [1.807, 2.05) is 64.2 Å². The van der Waals surface area contributed by atoms with Gasteiger partial charge >= 0.3 is 0 Å². The highest BCUT2D eigenvalue weighted by Crippen LogP contribution is 2.42. The summed E-state index contributed by atoms with van der Waals surface area (Å²) in [7, 11) is 0. The number of para-hydroxylation sites is 1. The van der Waals surface area contributed by atoms with Crippen molar-refractivity contribution in [2.75, 3.05) is 61.4 Å². The van der Waals surface area contributed by atoms with Crippen LogP contribution in [0.15, 0.2) is 77.0 Å². The van der Waals surface area contributed by atoms with E-state index >= 15 is 0 Å². The number of β-amino-alcohol motifs (C(OH)–C–C–N with tert-alkyl or cyclic N) is 1. The Bertz CT molecular complexity index is 3060. The smallest absolute Gasteiger partial charge is 0.273 e. The molecule has 1 aliphatic carbocycles. The van der Waals surface area contributed by atoms with Crippen LogP contribution in [0.25, 0.3) is 21.8 Å². The number of halogens is 1. The molecule has 1 aromatic carbocycles. The summed E-state index contributed by atoms with van der Waals surface area (Å²) in [5.41, 5.74) is 13.8. The number of phenolic OH excluding ortho intramolecular Hbond substituents is 1. The Morgan fingerprint density at radius 1 is 0.923 bits per heavy atom. The second-order valence-electron chi connectivity index (χ2n) is 21.7. The summed E-state index contributed by atoms with van der Waals surface area (Å²) in [6.07, 6.45) is 8.69. The number of nitrogen functional groups attached to an aromatic ring is 1. The lowest BCUT2D eigenvalue weighted by molar-refractivity contribution is -0.141. The molecule has 2 unspecified atom stereocenters. The highest BCUT2D eigenvalue weighted by Gasteiger charge is 2.45. The van der Waals surface area contributed by atoms with Gasteiger partial charge in [0.25, 0.3) is 5.88 Å². The van der Waals surface area contributed by atoms with E-state index in [-0.39, 0.29) is 83.5 Å². The number of hydrogen-bond donors (Lipinski definition) is 4. The fourth-order valence-corrected chi connectivity index (χ4v) is 12.8. The van der Waals surface area contributed by atoms with Crippen LogP contribution >= 0.6 is 22.9 Å². The molecule has 2 amide bonds. The van der Waals surface area contributed by atoms with Crippen molar-refractivity contribution in [2.45, 2.75) is 127 Å². The number of aliphatic hydroxyl groups is 1. The molecule has 1 saturated carbocycles. The number of anilines is 3. The molecular formula is C56H67ClN12O8S. The van der Waals surface area contributed by atoms with Crippen molar-refractivity contribution in [2.24, 2.45) is 5.92 Å². The van der Waals surface area contributed by atoms with Crippen molar-refractivity contribution < 1.29 is 38.5 Å². The number of phenols is 1. The number of carbonyl (C=O) groups excluding carboxylic acids is 2. The Morgan fingerprint density at radius 3 is 2.42 bits per heavy atom. The number of benzene rings is 1. The van der Waals surface area contributed by atoms with Gasteiger partial charge in [0.15, 0.2) is 11.6 Å². The number of aryl methyl sites for hydroxylation is 1. The van der Waals surface area contributed by atoms with Crippen LogP contribution in [0.2, 0.25) is 5.02 Å². The number of hydrogen-bond acceptors (Lipinski definition) is 19. The number of aromatic nitrogens is 6. The molecule has 4 saturated heterocycles. The average molecular weight is 1100 g/mol. The van der Waals surface area contributed by atoms with Crippen molar-refractivity contribution in [1.82, 2.24) is 45.4 Å². The topological polar surface area (TPSA) is 244 Å². The van der Waals surface area contributed by atoms with Crippen molar-refractivity contribution in [3.8, 4) is 39.3 Å². The van der Waals surface area contributed by atoms with Crippen LogP contribution < -0.4 is 30.3 Å². The first-order valence-corrected chi connectivity index (χ1v) is 28.4. The summed E-state index contributed by atoms with van der Waals surface area (Å²) in [5, 5.41) is 37.0. The van der Waals surface area contributed by atoms with Crippen molar-refractivity contribution in [3.63, 3.8) is 0 Å². The first kappa shape index (κ1) is 53.4. The number of amides is 2. The van der Waals surface area contributed by atoms with Crippen LogP contribution in [0, 0.1) is 12.8 Å². The van der Waals surface area contributed by atoms with Gasteiger partial charge in [0.2, 0.25) is 17.7 Å². The number of ether oxygens (including phenoxy) is 3. The van der Waals surface area contributed by atoms with Crippen LogP contribution in [0.3, 0.4) is 0 Å². The van der Waals surface area contributed by atoms with Gasteiger partial charge in [0.05, 0.1) is 57.5 Å². The number of nitrogens with two attached hydrogens (primary N) is 1. The van der Waals surface area contributed by atoms with Gasteiger partial charge < -0.3 is 54.7 Å². The van der Waals surface area contributed by atoms with Gasteiger partial charge in [-0.1, -0.05) is 43.6 Å². The Kier molecular flexibility index (Phi) is 15.7. The van der Waals surface area contributed by atoms with Crippen LogP contribution in [0.5, 0.6) is 17.5 Å². The minimum atomic E-state index is -0.897. The van der Waals surface area contributed by atoms with E-state index < -0.39 is 24.1 Å². The molecule has 5 fully saturated rings. The number of thiazole rings is 1. The fourth-order valence-electron chi connectivity index (χ4n) is 11.8. The van der Waals surface area contributed by atoms with E-state index in [2.05, 4.69) is 62.5 Å². The zero-order chi connectivity index (χ0) is 54.2. The number of nitrogens with one attached hydrogen (secondary N) is 1. The van der Waals surface area contributed by atoms with E-state index in [0.717, 1.165) is 97.9 Å². The minimum Gasteiger partial charge on any atom is -0.507 e. The number of piperidine rings is 1. The number of aromatic hydroxyl groups is 1. The maximum Gasteiger partial charge on any atom is 0.273 e. The van der Waals surface area contributed by atoms with Crippen molar-refractivity contribution in [3.05, 3.63) is 94.5 Å². The average Bonchev–Trinajstić information content (AvgIpc) is 4.26. The second-order valence-corrected chi connectivity index (χ2v) is 22.9. The van der Waals surface area contributed by atoms with Gasteiger partial charge in [-0.3, -0.25) is 19.5 Å². The Morgan fingerprint density at radius 2 is 1.71 bits per heavy atom. The summed E-state index contributed by atoms with van der Waals surface area (Å²) in [4.78, 5) is 51.2. The molecule has 78 heavy (non-hydrogen) atoms. The van der Waals surface area contributed by atoms with E-state index in [9.17, 15) is 19.8 Å². The van der Waals surface area contributed by atoms with Crippen LogP contribution in [-0.4, -0.2) is 151 Å². The molecule has 5 aromatic heterocycles. The zero-order valence-corrected chi connectivity index (χ0v) is 45.9. The van der Waals surface area contributed by atoms with Crippen molar-refractivity contribution in [1.29, 1.82) is 0 Å². The SMILES string of the molecule is Cc1ncsc1-c1ccc([C@H](C)NC(=O)[C@@H]2C[C@@H](O)CN2C(=O)[C@@H](c2onc(OCCN3CCC(OC4CC(Oc5cc(N6C7CCC6CN(c6cc(-c8ccccc8O)nnc6N)C7)ccn5)C4)CC3)c2Cl)C(C)C)cn1. The molecule has 2 bridgehead atoms. The van der Waals surface area contributed by atoms with Gasteiger partial charge in [-0.05, 0) is 86.5 Å².